The summed E-state index contributed by atoms with van der Waals surface area (Å²) < 4.78 is 0. The highest BCUT2D eigenvalue weighted by Crippen LogP contribution is 2.50. The van der Waals surface area contributed by atoms with Gasteiger partial charge in [0.2, 0.25) is 6.08 Å². The lowest BCUT2D eigenvalue weighted by atomic mass is 9.63. The SMILES string of the molecule is CC1(O)CC(N=C=O)(c2ccccc2)C1. The Hall–Kier alpha value is -1.44. The van der Waals surface area contributed by atoms with Crippen LogP contribution in [0.15, 0.2) is 35.3 Å². The first-order valence-electron chi connectivity index (χ1n) is 4.95. The molecule has 2 rings (SSSR count). The Morgan fingerprint density at radius 2 is 1.93 bits per heavy atom. The minimum Gasteiger partial charge on any atom is -0.390 e. The normalized spacial score (nSPS) is 34.0. The molecule has 3 nitrogen and oxygen atoms in total. The number of isocyanates is 1. The number of hydrogen-bond acceptors (Lipinski definition) is 3. The largest absolute Gasteiger partial charge is 0.390 e. The van der Waals surface area contributed by atoms with Gasteiger partial charge in [0.1, 0.15) is 5.54 Å². The van der Waals surface area contributed by atoms with E-state index in [1.807, 2.05) is 30.3 Å². The third kappa shape index (κ3) is 1.72. The van der Waals surface area contributed by atoms with Crippen molar-refractivity contribution in [1.82, 2.24) is 0 Å². The average molecular weight is 203 g/mol. The lowest BCUT2D eigenvalue weighted by Gasteiger charge is -2.48. The van der Waals surface area contributed by atoms with Crippen LogP contribution in [-0.2, 0) is 10.3 Å². The van der Waals surface area contributed by atoms with Gasteiger partial charge < -0.3 is 5.11 Å². The Labute approximate surface area is 88.5 Å². The highest BCUT2D eigenvalue weighted by Gasteiger charge is 2.52. The zero-order valence-corrected chi connectivity index (χ0v) is 8.60. The fourth-order valence-corrected chi connectivity index (χ4v) is 2.39. The van der Waals surface area contributed by atoms with Crippen LogP contribution in [-0.4, -0.2) is 16.8 Å². The lowest BCUT2D eigenvalue weighted by molar-refractivity contribution is -0.0727. The summed E-state index contributed by atoms with van der Waals surface area (Å²) in [5.41, 5.74) is -0.289. The number of carbonyl (C=O) groups excluding carboxylic acids is 1. The standard InChI is InChI=1S/C12H13NO2/c1-11(15)7-12(8-11,13-9-14)10-5-3-2-4-6-10/h2-6,15H,7-8H2,1H3. The number of hydrogen-bond donors (Lipinski definition) is 1. The smallest absolute Gasteiger partial charge is 0.235 e. The molecular weight excluding hydrogens is 190 g/mol. The number of aliphatic imine (C=N–C) groups is 1. The summed E-state index contributed by atoms with van der Waals surface area (Å²) in [6.45, 7) is 1.76. The van der Waals surface area contributed by atoms with Gasteiger partial charge in [-0.05, 0) is 12.5 Å². The molecule has 0 aromatic heterocycles. The molecule has 0 amide bonds. The molecule has 0 heterocycles. The van der Waals surface area contributed by atoms with Crippen LogP contribution >= 0.6 is 0 Å². The van der Waals surface area contributed by atoms with Crippen molar-refractivity contribution in [3.05, 3.63) is 35.9 Å². The summed E-state index contributed by atoms with van der Waals surface area (Å²) >= 11 is 0. The van der Waals surface area contributed by atoms with Crippen molar-refractivity contribution in [1.29, 1.82) is 0 Å². The summed E-state index contributed by atoms with van der Waals surface area (Å²) in [4.78, 5) is 14.3. The van der Waals surface area contributed by atoms with E-state index in [2.05, 4.69) is 4.99 Å². The maximum absolute atomic E-state index is 10.4. The molecule has 1 aromatic rings. The highest BCUT2D eigenvalue weighted by atomic mass is 16.3. The molecule has 0 spiro atoms. The minimum absolute atomic E-state index is 0.485. The molecule has 0 bridgehead atoms. The van der Waals surface area contributed by atoms with Gasteiger partial charge in [0, 0.05) is 12.8 Å². The summed E-state index contributed by atoms with van der Waals surface area (Å²) in [5, 5.41) is 9.75. The van der Waals surface area contributed by atoms with E-state index in [9.17, 15) is 9.90 Å². The molecule has 15 heavy (non-hydrogen) atoms. The van der Waals surface area contributed by atoms with Crippen LogP contribution in [0.1, 0.15) is 25.3 Å². The Morgan fingerprint density at radius 1 is 1.33 bits per heavy atom. The molecule has 78 valence electrons. The summed E-state index contributed by atoms with van der Waals surface area (Å²) in [5.74, 6) is 0. The van der Waals surface area contributed by atoms with Crippen LogP contribution < -0.4 is 0 Å². The maximum atomic E-state index is 10.4. The van der Waals surface area contributed by atoms with Crippen molar-refractivity contribution in [3.8, 4) is 0 Å². The molecule has 1 aliphatic rings. The first-order valence-corrected chi connectivity index (χ1v) is 4.95. The topological polar surface area (TPSA) is 49.7 Å². The molecule has 0 saturated heterocycles. The van der Waals surface area contributed by atoms with E-state index in [4.69, 9.17) is 0 Å². The van der Waals surface area contributed by atoms with Gasteiger partial charge in [0.15, 0.2) is 0 Å². The second-order valence-corrected chi connectivity index (χ2v) is 4.45. The summed E-state index contributed by atoms with van der Waals surface area (Å²) in [6, 6.07) is 9.58. The fourth-order valence-electron chi connectivity index (χ4n) is 2.39. The quantitative estimate of drug-likeness (QED) is 0.588. The molecule has 0 radical (unpaired) electrons. The number of rotatable bonds is 2. The minimum atomic E-state index is -0.712. The predicted octanol–water partition coefficient (Wildman–Crippen LogP) is 1.76. The van der Waals surface area contributed by atoms with Crippen molar-refractivity contribution < 1.29 is 9.90 Å². The first kappa shape index (κ1) is 10.1. The lowest BCUT2D eigenvalue weighted by Crippen LogP contribution is -2.51. The van der Waals surface area contributed by atoms with Gasteiger partial charge in [-0.25, -0.2) is 4.79 Å². The summed E-state index contributed by atoms with van der Waals surface area (Å²) in [7, 11) is 0. The van der Waals surface area contributed by atoms with Gasteiger partial charge in [0.05, 0.1) is 5.60 Å². The number of aliphatic hydroxyl groups is 1. The van der Waals surface area contributed by atoms with Crippen molar-refractivity contribution in [2.45, 2.75) is 30.9 Å². The Balaban J connectivity index is 2.35. The molecule has 1 aliphatic carbocycles. The van der Waals surface area contributed by atoms with E-state index in [1.165, 1.54) is 0 Å². The zero-order valence-electron chi connectivity index (χ0n) is 8.60. The molecule has 3 heteroatoms. The van der Waals surface area contributed by atoms with E-state index in [0.717, 1.165) is 5.56 Å². The van der Waals surface area contributed by atoms with Gasteiger partial charge in [-0.3, -0.25) is 0 Å². The van der Waals surface area contributed by atoms with Crippen LogP contribution in [0, 0.1) is 0 Å². The molecule has 0 atom stereocenters. The van der Waals surface area contributed by atoms with Gasteiger partial charge in [-0.1, -0.05) is 30.3 Å². The van der Waals surface area contributed by atoms with E-state index in [-0.39, 0.29) is 0 Å². The van der Waals surface area contributed by atoms with Crippen molar-refractivity contribution in [2.75, 3.05) is 0 Å². The first-order chi connectivity index (χ1) is 7.08. The second-order valence-electron chi connectivity index (χ2n) is 4.45. The van der Waals surface area contributed by atoms with Crippen LogP contribution in [0.25, 0.3) is 0 Å². The Morgan fingerprint density at radius 3 is 2.40 bits per heavy atom. The van der Waals surface area contributed by atoms with Crippen LogP contribution in [0.2, 0.25) is 0 Å². The van der Waals surface area contributed by atoms with Gasteiger partial charge in [0.25, 0.3) is 0 Å². The molecule has 1 aromatic carbocycles. The predicted molar refractivity (Wildman–Crippen MR) is 56.1 cm³/mol. The van der Waals surface area contributed by atoms with Gasteiger partial charge >= 0.3 is 0 Å². The molecule has 1 fully saturated rings. The third-order valence-corrected chi connectivity index (χ3v) is 2.92. The van der Waals surface area contributed by atoms with E-state index in [1.54, 1.807) is 13.0 Å². The second kappa shape index (κ2) is 3.30. The van der Waals surface area contributed by atoms with Crippen molar-refractivity contribution in [3.63, 3.8) is 0 Å². The average Bonchev–Trinajstić information content (AvgIpc) is 2.16. The van der Waals surface area contributed by atoms with Crippen LogP contribution in [0.5, 0.6) is 0 Å². The van der Waals surface area contributed by atoms with Gasteiger partial charge in [-0.15, -0.1) is 0 Å². The summed E-state index contributed by atoms with van der Waals surface area (Å²) in [6.07, 6.45) is 2.58. The van der Waals surface area contributed by atoms with E-state index < -0.39 is 11.1 Å². The third-order valence-electron chi connectivity index (χ3n) is 2.92. The number of nitrogens with zero attached hydrogens (tertiary/aromatic N) is 1. The van der Waals surface area contributed by atoms with Crippen LogP contribution in [0.4, 0.5) is 0 Å². The van der Waals surface area contributed by atoms with E-state index >= 15 is 0 Å². The molecule has 1 saturated carbocycles. The highest BCUT2D eigenvalue weighted by molar-refractivity contribution is 5.40. The molecule has 0 unspecified atom stereocenters. The Bertz CT molecular complexity index is 397. The fraction of sp³-hybridized carbons (Fsp3) is 0.417. The zero-order chi connectivity index (χ0) is 10.9. The number of benzene rings is 1. The molecule has 0 aliphatic heterocycles. The van der Waals surface area contributed by atoms with Gasteiger partial charge in [-0.2, -0.15) is 4.99 Å². The Kier molecular flexibility index (Phi) is 2.22. The maximum Gasteiger partial charge on any atom is 0.235 e. The van der Waals surface area contributed by atoms with E-state index in [0.29, 0.717) is 12.8 Å². The van der Waals surface area contributed by atoms with Crippen molar-refractivity contribution in [2.24, 2.45) is 4.99 Å². The molecular formula is C12H13NO2. The molecule has 1 N–H and O–H groups in total. The van der Waals surface area contributed by atoms with Crippen molar-refractivity contribution >= 4 is 6.08 Å². The monoisotopic (exact) mass is 203 g/mol. The van der Waals surface area contributed by atoms with Crippen LogP contribution in [0.3, 0.4) is 0 Å².